The molecule has 0 aliphatic heterocycles. The fourth-order valence-corrected chi connectivity index (χ4v) is 2.85. The molecule has 0 unspecified atom stereocenters. The number of rotatable bonds is 5. The Balaban J connectivity index is 1.53. The van der Waals surface area contributed by atoms with Gasteiger partial charge in [0.2, 0.25) is 5.95 Å². The van der Waals surface area contributed by atoms with Gasteiger partial charge in [0.1, 0.15) is 5.69 Å². The van der Waals surface area contributed by atoms with Crippen LogP contribution in [0.4, 0.5) is 17.3 Å². The quantitative estimate of drug-likeness (QED) is 0.501. The largest absolute Gasteiger partial charge is 0.322 e. The Hall–Kier alpha value is -4.13. The van der Waals surface area contributed by atoms with Crippen LogP contribution in [0.25, 0.3) is 10.9 Å². The predicted molar refractivity (Wildman–Crippen MR) is 111 cm³/mol. The summed E-state index contributed by atoms with van der Waals surface area (Å²) in [4.78, 5) is 36.8. The molecular weight excluding hydrogens is 366 g/mol. The van der Waals surface area contributed by atoms with E-state index in [9.17, 15) is 9.59 Å². The van der Waals surface area contributed by atoms with E-state index in [-0.39, 0.29) is 17.4 Å². The van der Waals surface area contributed by atoms with E-state index in [1.165, 1.54) is 19.2 Å². The third kappa shape index (κ3) is 4.08. The van der Waals surface area contributed by atoms with Crippen LogP contribution in [0.2, 0.25) is 0 Å². The van der Waals surface area contributed by atoms with E-state index >= 15 is 0 Å². The van der Waals surface area contributed by atoms with Crippen LogP contribution < -0.4 is 10.6 Å². The minimum atomic E-state index is -0.373. The number of nitrogens with zero attached hydrogens (tertiary/aromatic N) is 3. The molecule has 0 bridgehead atoms. The van der Waals surface area contributed by atoms with E-state index in [0.717, 1.165) is 16.6 Å². The second-order valence-corrected chi connectivity index (χ2v) is 6.36. The van der Waals surface area contributed by atoms with E-state index in [2.05, 4.69) is 25.6 Å². The molecule has 4 rings (SSSR count). The molecule has 0 spiro atoms. The van der Waals surface area contributed by atoms with Crippen LogP contribution in [0.5, 0.6) is 0 Å². The van der Waals surface area contributed by atoms with Crippen molar-refractivity contribution >= 4 is 39.9 Å². The Kier molecular flexibility index (Phi) is 4.94. The van der Waals surface area contributed by atoms with Crippen LogP contribution in [-0.2, 0) is 0 Å². The summed E-state index contributed by atoms with van der Waals surface area (Å²) < 4.78 is 0. The van der Waals surface area contributed by atoms with E-state index in [0.29, 0.717) is 17.2 Å². The van der Waals surface area contributed by atoms with Gasteiger partial charge in [-0.1, -0.05) is 18.2 Å². The average Bonchev–Trinajstić information content (AvgIpc) is 2.74. The topological polar surface area (TPSA) is 96.9 Å². The summed E-state index contributed by atoms with van der Waals surface area (Å²) in [5.74, 6) is -0.109. The monoisotopic (exact) mass is 383 g/mol. The van der Waals surface area contributed by atoms with Crippen LogP contribution in [0.3, 0.4) is 0 Å². The molecule has 2 aromatic heterocycles. The Morgan fingerprint density at radius 1 is 0.862 bits per heavy atom. The van der Waals surface area contributed by atoms with Crippen LogP contribution in [0.1, 0.15) is 27.8 Å². The zero-order chi connectivity index (χ0) is 20.2. The lowest BCUT2D eigenvalue weighted by Crippen LogP contribution is -2.15. The zero-order valence-corrected chi connectivity index (χ0v) is 15.6. The lowest BCUT2D eigenvalue weighted by Gasteiger charge is -2.09. The standard InChI is InChI=1S/C22H17N5O2/c1-14(28)15-7-9-17(10-8-15)25-21(29)19-11-13-24-22(27-19)26-18-6-2-4-16-5-3-12-23-20(16)18/h2-13H,1H3,(H,25,29)(H,24,26,27). The van der Waals surface area contributed by atoms with Crippen molar-refractivity contribution in [1.29, 1.82) is 0 Å². The predicted octanol–water partition coefficient (Wildman–Crippen LogP) is 4.22. The number of hydrogen-bond acceptors (Lipinski definition) is 6. The van der Waals surface area contributed by atoms with Gasteiger partial charge < -0.3 is 10.6 Å². The number of benzene rings is 2. The van der Waals surface area contributed by atoms with Crippen molar-refractivity contribution < 1.29 is 9.59 Å². The molecule has 7 heteroatoms. The van der Waals surface area contributed by atoms with Gasteiger partial charge in [-0.25, -0.2) is 9.97 Å². The minimum absolute atomic E-state index is 0.0303. The number of carbonyl (C=O) groups is 2. The number of Topliss-reactive ketones (excluding diaryl/α,β-unsaturated/α-hetero) is 1. The van der Waals surface area contributed by atoms with Gasteiger partial charge in [-0.3, -0.25) is 14.6 Å². The van der Waals surface area contributed by atoms with E-state index < -0.39 is 0 Å². The molecule has 2 N–H and O–H groups in total. The maximum atomic E-state index is 12.5. The van der Waals surface area contributed by atoms with Crippen molar-refractivity contribution in [2.45, 2.75) is 6.92 Å². The highest BCUT2D eigenvalue weighted by Gasteiger charge is 2.11. The molecule has 0 saturated carbocycles. The van der Waals surface area contributed by atoms with Gasteiger partial charge in [-0.15, -0.1) is 0 Å². The zero-order valence-electron chi connectivity index (χ0n) is 15.6. The van der Waals surface area contributed by atoms with Gasteiger partial charge in [0, 0.05) is 29.0 Å². The Bertz CT molecular complexity index is 1200. The third-order valence-electron chi connectivity index (χ3n) is 4.32. The number of anilines is 3. The smallest absolute Gasteiger partial charge is 0.274 e. The van der Waals surface area contributed by atoms with Crippen molar-refractivity contribution in [2.75, 3.05) is 10.6 Å². The fraction of sp³-hybridized carbons (Fsp3) is 0.0455. The van der Waals surface area contributed by atoms with E-state index in [4.69, 9.17) is 0 Å². The maximum Gasteiger partial charge on any atom is 0.274 e. The van der Waals surface area contributed by atoms with E-state index in [1.54, 1.807) is 30.5 Å². The Morgan fingerprint density at radius 3 is 2.45 bits per heavy atom. The van der Waals surface area contributed by atoms with Crippen molar-refractivity contribution in [3.63, 3.8) is 0 Å². The molecule has 2 aromatic carbocycles. The first-order valence-corrected chi connectivity index (χ1v) is 8.96. The first kappa shape index (κ1) is 18.2. The summed E-state index contributed by atoms with van der Waals surface area (Å²) in [6, 6.07) is 17.8. The summed E-state index contributed by atoms with van der Waals surface area (Å²) in [6.07, 6.45) is 3.23. The average molecular weight is 383 g/mol. The van der Waals surface area contributed by atoms with Crippen molar-refractivity contribution in [3.05, 3.63) is 84.3 Å². The molecule has 0 radical (unpaired) electrons. The first-order valence-electron chi connectivity index (χ1n) is 8.96. The highest BCUT2D eigenvalue weighted by Crippen LogP contribution is 2.23. The molecule has 1 amide bonds. The summed E-state index contributed by atoms with van der Waals surface area (Å²) >= 11 is 0. The molecule has 7 nitrogen and oxygen atoms in total. The van der Waals surface area contributed by atoms with Crippen molar-refractivity contribution in [1.82, 2.24) is 15.0 Å². The van der Waals surface area contributed by atoms with E-state index in [1.807, 2.05) is 30.3 Å². The van der Waals surface area contributed by atoms with Gasteiger partial charge in [0.05, 0.1) is 11.2 Å². The van der Waals surface area contributed by atoms with Crippen LogP contribution in [0, 0.1) is 0 Å². The molecular formula is C22H17N5O2. The van der Waals surface area contributed by atoms with Crippen LogP contribution in [-0.4, -0.2) is 26.6 Å². The number of aromatic nitrogens is 3. The normalized spacial score (nSPS) is 10.5. The number of hydrogen-bond donors (Lipinski definition) is 2. The Morgan fingerprint density at radius 2 is 1.66 bits per heavy atom. The van der Waals surface area contributed by atoms with Gasteiger partial charge in [-0.2, -0.15) is 0 Å². The van der Waals surface area contributed by atoms with Crippen LogP contribution >= 0.6 is 0 Å². The van der Waals surface area contributed by atoms with Crippen LogP contribution in [0.15, 0.2) is 73.1 Å². The number of amides is 1. The molecule has 4 aromatic rings. The lowest BCUT2D eigenvalue weighted by atomic mass is 10.1. The SMILES string of the molecule is CC(=O)c1ccc(NC(=O)c2ccnc(Nc3cccc4cccnc34)n2)cc1. The fourth-order valence-electron chi connectivity index (χ4n) is 2.85. The molecule has 0 atom stereocenters. The number of pyridine rings is 1. The second kappa shape index (κ2) is 7.85. The summed E-state index contributed by atoms with van der Waals surface area (Å²) in [5, 5.41) is 6.87. The third-order valence-corrected chi connectivity index (χ3v) is 4.32. The Labute approximate surface area is 166 Å². The molecule has 2 heterocycles. The number of nitrogens with one attached hydrogen (secondary N) is 2. The molecule has 29 heavy (non-hydrogen) atoms. The first-order chi connectivity index (χ1) is 14.1. The highest BCUT2D eigenvalue weighted by atomic mass is 16.2. The number of carbonyl (C=O) groups excluding carboxylic acids is 2. The summed E-state index contributed by atoms with van der Waals surface area (Å²) in [7, 11) is 0. The van der Waals surface area contributed by atoms with Gasteiger partial charge >= 0.3 is 0 Å². The van der Waals surface area contributed by atoms with Gasteiger partial charge in [0.15, 0.2) is 5.78 Å². The maximum absolute atomic E-state index is 12.5. The van der Waals surface area contributed by atoms with Crippen molar-refractivity contribution in [3.8, 4) is 0 Å². The summed E-state index contributed by atoms with van der Waals surface area (Å²) in [6.45, 7) is 1.49. The summed E-state index contributed by atoms with van der Waals surface area (Å²) in [5.41, 5.74) is 2.91. The van der Waals surface area contributed by atoms with Gasteiger partial charge in [-0.05, 0) is 49.4 Å². The lowest BCUT2D eigenvalue weighted by molar-refractivity contribution is 0.101. The molecule has 0 saturated heterocycles. The minimum Gasteiger partial charge on any atom is -0.322 e. The molecule has 0 fully saturated rings. The number of ketones is 1. The second-order valence-electron chi connectivity index (χ2n) is 6.36. The molecule has 0 aliphatic rings. The molecule has 0 aliphatic carbocycles. The van der Waals surface area contributed by atoms with Crippen molar-refractivity contribution in [2.24, 2.45) is 0 Å². The number of para-hydroxylation sites is 1. The number of fused-ring (bicyclic) bond motifs is 1. The molecule has 142 valence electrons. The van der Waals surface area contributed by atoms with Gasteiger partial charge in [0.25, 0.3) is 5.91 Å². The highest BCUT2D eigenvalue weighted by molar-refractivity contribution is 6.03.